The molecule has 4 heteroatoms. The predicted octanol–water partition coefficient (Wildman–Crippen LogP) is 8.78. The molecule has 0 bridgehead atoms. The Morgan fingerprint density at radius 1 is 0.450 bits per heavy atom. The third kappa shape index (κ3) is 2.93. The fraction of sp³-hybridized carbons (Fsp3) is 0. The summed E-state index contributed by atoms with van der Waals surface area (Å²) < 4.78 is 4.25. The molecule has 0 atom stereocenters. The second kappa shape index (κ2) is 8.33. The van der Waals surface area contributed by atoms with Crippen molar-refractivity contribution in [1.82, 2.24) is 9.13 Å². The molecule has 0 fully saturated rings. The highest BCUT2D eigenvalue weighted by atomic mass is 15.0. The van der Waals surface area contributed by atoms with Crippen LogP contribution >= 0.6 is 0 Å². The van der Waals surface area contributed by atoms with E-state index in [0.717, 1.165) is 54.7 Å². The molecule has 0 saturated carbocycles. The number of hydrogen-bond donors (Lipinski definition) is 0. The van der Waals surface area contributed by atoms with Crippen LogP contribution in [-0.4, -0.2) is 9.13 Å². The fourth-order valence-electron chi connectivity index (χ4n) is 6.28. The molecular formula is C36H20N4. The topological polar surface area (TPSA) is 57.4 Å². The van der Waals surface area contributed by atoms with Crippen molar-refractivity contribution in [2.24, 2.45) is 0 Å². The predicted molar refractivity (Wildman–Crippen MR) is 162 cm³/mol. The SMILES string of the molecule is N#Cc1ccc(-n2c3ccccc3c3cc4ccccc4cc32)c(C#N)c1-n1c2ccccc2c2ccccc21. The highest BCUT2D eigenvalue weighted by molar-refractivity contribution is 6.14. The summed E-state index contributed by atoms with van der Waals surface area (Å²) in [7, 11) is 0. The Balaban J connectivity index is 1.56. The van der Waals surface area contributed by atoms with Crippen LogP contribution in [0, 0.1) is 22.7 Å². The van der Waals surface area contributed by atoms with Gasteiger partial charge in [0.05, 0.1) is 39.0 Å². The lowest BCUT2D eigenvalue weighted by Crippen LogP contribution is -2.06. The van der Waals surface area contributed by atoms with Crippen molar-refractivity contribution in [3.63, 3.8) is 0 Å². The molecule has 0 aliphatic rings. The van der Waals surface area contributed by atoms with Crippen LogP contribution in [0.25, 0.3) is 65.8 Å². The van der Waals surface area contributed by atoms with Gasteiger partial charge in [-0.25, -0.2) is 0 Å². The van der Waals surface area contributed by atoms with E-state index in [-0.39, 0.29) is 0 Å². The van der Waals surface area contributed by atoms with E-state index in [1.54, 1.807) is 0 Å². The molecule has 0 aliphatic heterocycles. The molecule has 0 aliphatic carbocycles. The molecular weight excluding hydrogens is 488 g/mol. The summed E-state index contributed by atoms with van der Waals surface area (Å²) in [6.45, 7) is 0. The van der Waals surface area contributed by atoms with Gasteiger partial charge in [0.15, 0.2) is 0 Å². The summed E-state index contributed by atoms with van der Waals surface area (Å²) in [5, 5.41) is 27.8. The quantitative estimate of drug-likeness (QED) is 0.234. The molecule has 0 spiro atoms. The summed E-state index contributed by atoms with van der Waals surface area (Å²) in [5.41, 5.74) is 6.23. The van der Waals surface area contributed by atoms with Crippen molar-refractivity contribution in [3.8, 4) is 23.5 Å². The Morgan fingerprint density at radius 3 is 1.57 bits per heavy atom. The van der Waals surface area contributed by atoms with E-state index < -0.39 is 0 Å². The number of nitrogens with zero attached hydrogens (tertiary/aromatic N) is 4. The molecule has 8 rings (SSSR count). The lowest BCUT2D eigenvalue weighted by atomic mass is 10.0. The number of nitriles is 2. The molecule has 2 aromatic heterocycles. The van der Waals surface area contributed by atoms with Gasteiger partial charge in [-0.05, 0) is 53.2 Å². The second-order valence-corrected chi connectivity index (χ2v) is 10.0. The van der Waals surface area contributed by atoms with E-state index in [9.17, 15) is 10.5 Å². The number of rotatable bonds is 2. The minimum absolute atomic E-state index is 0.457. The highest BCUT2D eigenvalue weighted by Gasteiger charge is 2.23. The zero-order chi connectivity index (χ0) is 26.8. The minimum atomic E-state index is 0.457. The molecule has 0 amide bonds. The second-order valence-electron chi connectivity index (χ2n) is 10.0. The first-order valence-corrected chi connectivity index (χ1v) is 13.2. The first-order valence-electron chi connectivity index (χ1n) is 13.2. The highest BCUT2D eigenvalue weighted by Crippen LogP contribution is 2.39. The first-order chi connectivity index (χ1) is 19.8. The van der Waals surface area contributed by atoms with Gasteiger partial charge in [0.25, 0.3) is 0 Å². The Bertz CT molecular complexity index is 2350. The number of para-hydroxylation sites is 3. The van der Waals surface area contributed by atoms with Crippen LogP contribution in [0.2, 0.25) is 0 Å². The molecule has 40 heavy (non-hydrogen) atoms. The summed E-state index contributed by atoms with van der Waals surface area (Å²) in [6, 6.07) is 46.1. The van der Waals surface area contributed by atoms with E-state index >= 15 is 0 Å². The number of hydrogen-bond acceptors (Lipinski definition) is 2. The third-order valence-corrected chi connectivity index (χ3v) is 7.97. The molecule has 184 valence electrons. The summed E-state index contributed by atoms with van der Waals surface area (Å²) in [6.07, 6.45) is 0. The van der Waals surface area contributed by atoms with Gasteiger partial charge >= 0.3 is 0 Å². The van der Waals surface area contributed by atoms with E-state index in [1.165, 1.54) is 5.39 Å². The maximum absolute atomic E-state index is 10.8. The van der Waals surface area contributed by atoms with Gasteiger partial charge in [0.2, 0.25) is 0 Å². The van der Waals surface area contributed by atoms with Crippen molar-refractivity contribution in [1.29, 1.82) is 10.5 Å². The van der Waals surface area contributed by atoms with E-state index in [4.69, 9.17) is 0 Å². The standard InChI is InChI=1S/C36H20N4/c37-21-25-17-18-34(30(22-38)36(25)40-32-15-7-3-11-26(32)27-12-4-8-16-33(27)40)39-31-14-6-5-13-28(31)29-19-23-9-1-2-10-24(23)20-35(29)39/h1-20H. The zero-order valence-corrected chi connectivity index (χ0v) is 21.3. The van der Waals surface area contributed by atoms with Gasteiger partial charge in [-0.15, -0.1) is 0 Å². The van der Waals surface area contributed by atoms with E-state index in [2.05, 4.69) is 94.1 Å². The monoisotopic (exact) mass is 508 g/mol. The Hall–Kier alpha value is -5.84. The van der Waals surface area contributed by atoms with Crippen LogP contribution in [0.3, 0.4) is 0 Å². The number of fused-ring (bicyclic) bond motifs is 7. The Morgan fingerprint density at radius 2 is 0.975 bits per heavy atom. The number of benzene rings is 6. The van der Waals surface area contributed by atoms with Crippen LogP contribution in [-0.2, 0) is 0 Å². The minimum Gasteiger partial charge on any atom is -0.308 e. The van der Waals surface area contributed by atoms with Crippen LogP contribution in [0.1, 0.15) is 11.1 Å². The van der Waals surface area contributed by atoms with Gasteiger partial charge in [0, 0.05) is 21.5 Å². The molecule has 8 aromatic rings. The van der Waals surface area contributed by atoms with Gasteiger partial charge in [-0.2, -0.15) is 10.5 Å². The molecule has 2 heterocycles. The van der Waals surface area contributed by atoms with Gasteiger partial charge < -0.3 is 9.13 Å². The van der Waals surface area contributed by atoms with Crippen molar-refractivity contribution in [2.75, 3.05) is 0 Å². The van der Waals surface area contributed by atoms with Crippen LogP contribution in [0.4, 0.5) is 0 Å². The van der Waals surface area contributed by atoms with Crippen molar-refractivity contribution >= 4 is 54.4 Å². The van der Waals surface area contributed by atoms with Crippen LogP contribution < -0.4 is 0 Å². The summed E-state index contributed by atoms with van der Waals surface area (Å²) in [4.78, 5) is 0. The maximum atomic E-state index is 10.8. The average molecular weight is 509 g/mol. The van der Waals surface area contributed by atoms with Crippen LogP contribution in [0.15, 0.2) is 121 Å². The molecule has 0 saturated heterocycles. The molecule has 0 N–H and O–H groups in total. The van der Waals surface area contributed by atoms with Gasteiger partial charge in [-0.1, -0.05) is 78.9 Å². The van der Waals surface area contributed by atoms with Crippen molar-refractivity contribution in [2.45, 2.75) is 0 Å². The zero-order valence-electron chi connectivity index (χ0n) is 21.3. The maximum Gasteiger partial charge on any atom is 0.104 e. The fourth-order valence-corrected chi connectivity index (χ4v) is 6.28. The van der Waals surface area contributed by atoms with E-state index in [1.807, 2.05) is 48.5 Å². The summed E-state index contributed by atoms with van der Waals surface area (Å²) >= 11 is 0. The third-order valence-electron chi connectivity index (χ3n) is 7.97. The van der Waals surface area contributed by atoms with Gasteiger partial charge in [-0.3, -0.25) is 0 Å². The molecule has 6 aromatic carbocycles. The lowest BCUT2D eigenvalue weighted by molar-refractivity contribution is 1.11. The smallest absolute Gasteiger partial charge is 0.104 e. The first kappa shape index (κ1) is 22.2. The number of aromatic nitrogens is 2. The largest absolute Gasteiger partial charge is 0.308 e. The van der Waals surface area contributed by atoms with Gasteiger partial charge in [0.1, 0.15) is 17.7 Å². The van der Waals surface area contributed by atoms with Crippen molar-refractivity contribution in [3.05, 3.63) is 132 Å². The summed E-state index contributed by atoms with van der Waals surface area (Å²) in [5.74, 6) is 0. The average Bonchev–Trinajstić information content (AvgIpc) is 3.51. The Kier molecular flexibility index (Phi) is 4.62. The van der Waals surface area contributed by atoms with Crippen molar-refractivity contribution < 1.29 is 0 Å². The lowest BCUT2D eigenvalue weighted by Gasteiger charge is -2.17. The molecule has 0 radical (unpaired) electrons. The van der Waals surface area contributed by atoms with Crippen LogP contribution in [0.5, 0.6) is 0 Å². The molecule has 4 nitrogen and oxygen atoms in total. The Labute approximate surface area is 229 Å². The van der Waals surface area contributed by atoms with E-state index in [0.29, 0.717) is 16.8 Å². The molecule has 0 unspecified atom stereocenters. The normalized spacial score (nSPS) is 11.4.